The van der Waals surface area contributed by atoms with Gasteiger partial charge in [0.2, 0.25) is 0 Å². The van der Waals surface area contributed by atoms with Gasteiger partial charge >= 0.3 is 5.69 Å². The van der Waals surface area contributed by atoms with E-state index >= 15 is 0 Å². The summed E-state index contributed by atoms with van der Waals surface area (Å²) in [4.78, 5) is 19.7. The van der Waals surface area contributed by atoms with Crippen molar-refractivity contribution in [1.82, 2.24) is 19.9 Å². The van der Waals surface area contributed by atoms with Crippen LogP contribution in [-0.2, 0) is 6.54 Å². The number of hydrogen-bond donors (Lipinski definition) is 3. The molecule has 0 unspecified atom stereocenters. The first-order valence-electron chi connectivity index (χ1n) is 8.88. The van der Waals surface area contributed by atoms with Crippen molar-refractivity contribution in [3.05, 3.63) is 57.1 Å². The Labute approximate surface area is 156 Å². The SMILES string of the molecule is Cc1ccc(Cl)cc1Cn1c(=O)[nH]c2cnc(NC[C@@H]3CCNC3)cc21. The van der Waals surface area contributed by atoms with Crippen LogP contribution < -0.4 is 16.3 Å². The Bertz CT molecular complexity index is 987. The molecule has 1 atom stereocenters. The van der Waals surface area contributed by atoms with Gasteiger partial charge in [0.25, 0.3) is 0 Å². The van der Waals surface area contributed by atoms with Crippen LogP contribution in [0.15, 0.2) is 35.3 Å². The van der Waals surface area contributed by atoms with Crippen molar-refractivity contribution in [1.29, 1.82) is 0 Å². The monoisotopic (exact) mass is 371 g/mol. The number of benzene rings is 1. The van der Waals surface area contributed by atoms with Gasteiger partial charge in [0.15, 0.2) is 0 Å². The van der Waals surface area contributed by atoms with Crippen LogP contribution >= 0.6 is 11.6 Å². The molecule has 26 heavy (non-hydrogen) atoms. The summed E-state index contributed by atoms with van der Waals surface area (Å²) in [5.41, 5.74) is 3.58. The second-order valence-corrected chi connectivity index (χ2v) is 7.35. The van der Waals surface area contributed by atoms with Crippen LogP contribution in [0.4, 0.5) is 5.82 Å². The van der Waals surface area contributed by atoms with Gasteiger partial charge < -0.3 is 15.6 Å². The van der Waals surface area contributed by atoms with Crippen molar-refractivity contribution in [3.8, 4) is 0 Å². The molecule has 2 aromatic heterocycles. The van der Waals surface area contributed by atoms with Crippen LogP contribution in [0.3, 0.4) is 0 Å². The fourth-order valence-corrected chi connectivity index (χ4v) is 3.62. The molecule has 136 valence electrons. The predicted molar refractivity (Wildman–Crippen MR) is 105 cm³/mol. The van der Waals surface area contributed by atoms with Gasteiger partial charge in [-0.2, -0.15) is 0 Å². The topological polar surface area (TPSA) is 74.7 Å². The molecule has 0 saturated carbocycles. The number of hydrogen-bond acceptors (Lipinski definition) is 4. The molecule has 0 spiro atoms. The summed E-state index contributed by atoms with van der Waals surface area (Å²) in [5.74, 6) is 1.41. The number of rotatable bonds is 5. The average molecular weight is 372 g/mol. The van der Waals surface area contributed by atoms with Crippen molar-refractivity contribution in [2.24, 2.45) is 5.92 Å². The maximum atomic E-state index is 12.4. The van der Waals surface area contributed by atoms with Crippen LogP contribution in [0.1, 0.15) is 17.5 Å². The Morgan fingerprint density at radius 2 is 2.27 bits per heavy atom. The Hall–Kier alpha value is -2.31. The number of anilines is 1. The number of aromatic amines is 1. The zero-order chi connectivity index (χ0) is 18.1. The smallest absolute Gasteiger partial charge is 0.326 e. The van der Waals surface area contributed by atoms with E-state index in [0.29, 0.717) is 17.5 Å². The van der Waals surface area contributed by atoms with Crippen LogP contribution in [-0.4, -0.2) is 34.2 Å². The lowest BCUT2D eigenvalue weighted by molar-refractivity contribution is 0.614. The molecule has 6 nitrogen and oxygen atoms in total. The van der Waals surface area contributed by atoms with Gasteiger partial charge in [0.05, 0.1) is 23.8 Å². The second-order valence-electron chi connectivity index (χ2n) is 6.91. The zero-order valence-electron chi connectivity index (χ0n) is 14.7. The molecular formula is C19H22ClN5O. The quantitative estimate of drug-likeness (QED) is 0.644. The summed E-state index contributed by atoms with van der Waals surface area (Å²) in [5, 5.41) is 7.44. The zero-order valence-corrected chi connectivity index (χ0v) is 15.4. The van der Waals surface area contributed by atoms with Gasteiger partial charge in [-0.25, -0.2) is 9.78 Å². The maximum Gasteiger partial charge on any atom is 0.326 e. The van der Waals surface area contributed by atoms with E-state index in [4.69, 9.17) is 11.6 Å². The van der Waals surface area contributed by atoms with E-state index in [-0.39, 0.29) is 5.69 Å². The summed E-state index contributed by atoms with van der Waals surface area (Å²) >= 11 is 6.12. The van der Waals surface area contributed by atoms with Crippen molar-refractivity contribution < 1.29 is 0 Å². The van der Waals surface area contributed by atoms with Crippen LogP contribution in [0, 0.1) is 12.8 Å². The van der Waals surface area contributed by atoms with Crippen molar-refractivity contribution >= 4 is 28.5 Å². The molecule has 0 amide bonds. The molecule has 1 aliphatic rings. The van der Waals surface area contributed by atoms with Crippen molar-refractivity contribution in [3.63, 3.8) is 0 Å². The number of aryl methyl sites for hydroxylation is 1. The number of H-pyrrole nitrogens is 1. The molecule has 1 saturated heterocycles. The summed E-state index contributed by atoms with van der Waals surface area (Å²) in [7, 11) is 0. The fraction of sp³-hybridized carbons (Fsp3) is 0.368. The third-order valence-corrected chi connectivity index (χ3v) is 5.27. The van der Waals surface area contributed by atoms with E-state index in [1.807, 2.05) is 31.2 Å². The lowest BCUT2D eigenvalue weighted by atomic mass is 10.1. The highest BCUT2D eigenvalue weighted by Gasteiger charge is 2.15. The van der Waals surface area contributed by atoms with E-state index in [1.165, 1.54) is 6.42 Å². The van der Waals surface area contributed by atoms with E-state index < -0.39 is 0 Å². The van der Waals surface area contributed by atoms with Crippen LogP contribution in [0.2, 0.25) is 5.02 Å². The molecule has 0 radical (unpaired) electrons. The molecule has 3 heterocycles. The summed E-state index contributed by atoms with van der Waals surface area (Å²) in [6.07, 6.45) is 2.89. The van der Waals surface area contributed by atoms with Gasteiger partial charge in [-0.05, 0) is 55.6 Å². The second kappa shape index (κ2) is 7.13. The van der Waals surface area contributed by atoms with Crippen LogP contribution in [0.5, 0.6) is 0 Å². The minimum atomic E-state index is -0.140. The molecule has 3 N–H and O–H groups in total. The lowest BCUT2D eigenvalue weighted by Gasteiger charge is -2.11. The summed E-state index contributed by atoms with van der Waals surface area (Å²) < 4.78 is 1.73. The normalized spacial score (nSPS) is 17.1. The molecule has 1 aliphatic heterocycles. The molecule has 4 rings (SSSR count). The minimum absolute atomic E-state index is 0.140. The number of pyridine rings is 1. The van der Waals surface area contributed by atoms with E-state index in [2.05, 4.69) is 20.6 Å². The Morgan fingerprint density at radius 1 is 1.38 bits per heavy atom. The molecule has 7 heteroatoms. The number of nitrogens with one attached hydrogen (secondary N) is 3. The molecule has 1 aromatic carbocycles. The van der Waals surface area contributed by atoms with Crippen LogP contribution in [0.25, 0.3) is 11.0 Å². The fourth-order valence-electron chi connectivity index (χ4n) is 3.43. The lowest BCUT2D eigenvalue weighted by Crippen LogP contribution is -2.18. The predicted octanol–water partition coefficient (Wildman–Crippen LogP) is 2.76. The summed E-state index contributed by atoms with van der Waals surface area (Å²) in [6, 6.07) is 7.69. The molecule has 3 aromatic rings. The third kappa shape index (κ3) is 3.48. The third-order valence-electron chi connectivity index (χ3n) is 5.03. The van der Waals surface area contributed by atoms with Gasteiger partial charge in [0, 0.05) is 17.6 Å². The Kier molecular flexibility index (Phi) is 4.70. The molecule has 1 fully saturated rings. The van der Waals surface area contributed by atoms with Crippen molar-refractivity contribution in [2.75, 3.05) is 25.0 Å². The van der Waals surface area contributed by atoms with Gasteiger partial charge in [-0.1, -0.05) is 17.7 Å². The van der Waals surface area contributed by atoms with Gasteiger partial charge in [-0.3, -0.25) is 4.57 Å². The number of aromatic nitrogens is 3. The highest BCUT2D eigenvalue weighted by Crippen LogP contribution is 2.20. The highest BCUT2D eigenvalue weighted by atomic mass is 35.5. The van der Waals surface area contributed by atoms with Gasteiger partial charge in [-0.15, -0.1) is 0 Å². The minimum Gasteiger partial charge on any atom is -0.370 e. The Balaban J connectivity index is 1.63. The average Bonchev–Trinajstić information content (AvgIpc) is 3.24. The Morgan fingerprint density at radius 3 is 3.08 bits per heavy atom. The van der Waals surface area contributed by atoms with E-state index in [1.54, 1.807) is 10.8 Å². The number of nitrogens with zero attached hydrogens (tertiary/aromatic N) is 2. The van der Waals surface area contributed by atoms with Crippen molar-refractivity contribution in [2.45, 2.75) is 19.9 Å². The van der Waals surface area contributed by atoms with E-state index in [9.17, 15) is 4.79 Å². The first kappa shape index (κ1) is 17.1. The molecular weight excluding hydrogens is 350 g/mol. The first-order valence-corrected chi connectivity index (χ1v) is 9.26. The van der Waals surface area contributed by atoms with E-state index in [0.717, 1.165) is 47.6 Å². The number of halogens is 1. The standard InChI is InChI=1S/C19H22ClN5O/c1-12-2-3-15(20)6-14(12)11-25-17-7-18(22-9-13-4-5-21-8-13)23-10-16(17)24-19(25)26/h2-3,6-7,10,13,21H,4-5,8-9,11H2,1H3,(H,22,23)(H,24,26)/t13-/m1/s1. The highest BCUT2D eigenvalue weighted by molar-refractivity contribution is 6.30. The number of fused-ring (bicyclic) bond motifs is 1. The summed E-state index contributed by atoms with van der Waals surface area (Å²) in [6.45, 7) is 5.50. The largest absolute Gasteiger partial charge is 0.370 e. The number of imidazole rings is 1. The van der Waals surface area contributed by atoms with Gasteiger partial charge in [0.1, 0.15) is 5.82 Å². The molecule has 0 bridgehead atoms. The molecule has 0 aliphatic carbocycles. The maximum absolute atomic E-state index is 12.4. The first-order chi connectivity index (χ1) is 12.6.